The Bertz CT molecular complexity index is 747. The average Bonchev–Trinajstić information content (AvgIpc) is 2.63. The number of aliphatic imine (C=N–C) groups is 1. The van der Waals surface area contributed by atoms with E-state index in [-0.39, 0.29) is 35.8 Å². The molecule has 168 valence electrons. The number of hydrogen-bond donors (Lipinski definition) is 2. The molecule has 2 N–H and O–H groups in total. The zero-order valence-electron chi connectivity index (χ0n) is 18.3. The van der Waals surface area contributed by atoms with Crippen molar-refractivity contribution in [2.24, 2.45) is 4.99 Å². The third-order valence-corrected chi connectivity index (χ3v) is 7.75. The van der Waals surface area contributed by atoms with Crippen molar-refractivity contribution in [1.29, 1.82) is 0 Å². The second-order valence-corrected chi connectivity index (χ2v) is 10.8. The molecule has 0 fully saturated rings. The fraction of sp³-hybridized carbons (Fsp3) is 0.650. The number of sulfone groups is 1. The van der Waals surface area contributed by atoms with Gasteiger partial charge in [-0.3, -0.25) is 9.89 Å². The molecule has 1 atom stereocenters. The third-order valence-electron chi connectivity index (χ3n) is 4.80. The molecule has 0 amide bonds. The lowest BCUT2D eigenvalue weighted by Crippen LogP contribution is -2.45. The molecule has 0 aliphatic rings. The molecule has 0 aliphatic heterocycles. The number of rotatable bonds is 9. The van der Waals surface area contributed by atoms with Gasteiger partial charge in [0.1, 0.15) is 0 Å². The Balaban J connectivity index is 0.00000784. The molecule has 0 spiro atoms. The van der Waals surface area contributed by atoms with E-state index in [0.29, 0.717) is 19.0 Å². The smallest absolute Gasteiger partial charge is 0.191 e. The maximum Gasteiger partial charge on any atom is 0.191 e. The lowest BCUT2D eigenvalue weighted by Gasteiger charge is -2.31. The molecule has 9 heteroatoms. The van der Waals surface area contributed by atoms with Gasteiger partial charge in [-0.1, -0.05) is 43.6 Å². The van der Waals surface area contributed by atoms with Crippen LogP contribution in [0.25, 0.3) is 0 Å². The first-order valence-corrected chi connectivity index (χ1v) is 11.8. The van der Waals surface area contributed by atoms with Crippen LogP contribution in [0.1, 0.15) is 46.2 Å². The number of benzene rings is 1. The molecule has 0 radical (unpaired) electrons. The Morgan fingerprint density at radius 2 is 1.76 bits per heavy atom. The first-order chi connectivity index (χ1) is 13.1. The molecule has 0 aliphatic carbocycles. The van der Waals surface area contributed by atoms with Crippen molar-refractivity contribution in [3.05, 3.63) is 34.9 Å². The highest BCUT2D eigenvalue weighted by atomic mass is 127. The molecule has 1 aromatic carbocycles. The van der Waals surface area contributed by atoms with Crippen molar-refractivity contribution in [2.75, 3.05) is 39.0 Å². The van der Waals surface area contributed by atoms with E-state index in [2.05, 4.69) is 34.4 Å². The van der Waals surface area contributed by atoms with E-state index in [9.17, 15) is 8.42 Å². The molecule has 1 unspecified atom stereocenters. The summed E-state index contributed by atoms with van der Waals surface area (Å²) >= 11 is 6.44. The van der Waals surface area contributed by atoms with Crippen LogP contribution in [-0.4, -0.2) is 63.0 Å². The number of halogens is 2. The molecule has 1 aromatic rings. The van der Waals surface area contributed by atoms with Gasteiger partial charge in [-0.2, -0.15) is 0 Å². The summed E-state index contributed by atoms with van der Waals surface area (Å²) in [7, 11) is -1.50. The molecule has 0 bridgehead atoms. The first-order valence-electron chi connectivity index (χ1n) is 9.72. The summed E-state index contributed by atoms with van der Waals surface area (Å²) in [6.45, 7) is 12.1. The van der Waals surface area contributed by atoms with Gasteiger partial charge >= 0.3 is 0 Å². The largest absolute Gasteiger partial charge is 0.355 e. The molecule has 0 saturated carbocycles. The predicted octanol–water partition coefficient (Wildman–Crippen LogP) is 3.72. The second-order valence-electron chi connectivity index (χ2n) is 7.57. The van der Waals surface area contributed by atoms with Crippen LogP contribution in [0.3, 0.4) is 0 Å². The van der Waals surface area contributed by atoms with Crippen LogP contribution in [0.4, 0.5) is 0 Å². The second kappa shape index (κ2) is 13.0. The summed E-state index contributed by atoms with van der Waals surface area (Å²) in [5.41, 5.74) is 1.06. The van der Waals surface area contributed by atoms with E-state index in [4.69, 9.17) is 11.6 Å². The Labute approximate surface area is 198 Å². The molecular weight excluding hydrogens is 523 g/mol. The number of nitrogens with zero attached hydrogens (tertiary/aromatic N) is 2. The van der Waals surface area contributed by atoms with Crippen LogP contribution in [-0.2, 0) is 9.84 Å². The maximum absolute atomic E-state index is 12.3. The Kier molecular flexibility index (Phi) is 12.7. The summed E-state index contributed by atoms with van der Waals surface area (Å²) in [5, 5.41) is 7.15. The summed E-state index contributed by atoms with van der Waals surface area (Å²) in [4.78, 5) is 6.54. The van der Waals surface area contributed by atoms with Crippen molar-refractivity contribution in [3.63, 3.8) is 0 Å². The highest BCUT2D eigenvalue weighted by Crippen LogP contribution is 2.26. The molecule has 0 aromatic heterocycles. The van der Waals surface area contributed by atoms with Gasteiger partial charge < -0.3 is 10.6 Å². The predicted molar refractivity (Wildman–Crippen MR) is 135 cm³/mol. The highest BCUT2D eigenvalue weighted by Gasteiger charge is 2.28. The van der Waals surface area contributed by atoms with Crippen molar-refractivity contribution in [1.82, 2.24) is 15.5 Å². The number of guanidine groups is 1. The van der Waals surface area contributed by atoms with Crippen LogP contribution in [0.15, 0.2) is 29.3 Å². The Morgan fingerprint density at radius 1 is 1.17 bits per heavy atom. The van der Waals surface area contributed by atoms with Gasteiger partial charge in [0.2, 0.25) is 0 Å². The van der Waals surface area contributed by atoms with E-state index in [1.54, 1.807) is 27.8 Å². The van der Waals surface area contributed by atoms with Crippen molar-refractivity contribution in [3.8, 4) is 0 Å². The SMILES string of the molecule is CCN(CC)C(CNC(=NC)NCCS(=O)(=O)C(C)(C)C)c1ccccc1Cl.I. The van der Waals surface area contributed by atoms with E-state index in [1.807, 2.05) is 24.3 Å². The number of nitrogens with one attached hydrogen (secondary N) is 2. The summed E-state index contributed by atoms with van der Waals surface area (Å²) in [6.07, 6.45) is 0. The lowest BCUT2D eigenvalue weighted by atomic mass is 10.0. The molecular formula is C20H36ClIN4O2S. The van der Waals surface area contributed by atoms with Crippen LogP contribution in [0.2, 0.25) is 5.02 Å². The fourth-order valence-corrected chi connectivity index (χ4v) is 4.11. The Hall–Kier alpha value is -0.580. The molecule has 0 saturated heterocycles. The van der Waals surface area contributed by atoms with Gasteiger partial charge in [0.25, 0.3) is 0 Å². The first kappa shape index (κ1) is 28.4. The van der Waals surface area contributed by atoms with Gasteiger partial charge in [-0.25, -0.2) is 8.42 Å². The normalized spacial score (nSPS) is 13.7. The number of likely N-dealkylation sites (N-methyl/N-ethyl adjacent to an activating group) is 1. The van der Waals surface area contributed by atoms with Gasteiger partial charge in [-0.05, 0) is 45.5 Å². The number of hydrogen-bond acceptors (Lipinski definition) is 4. The molecule has 0 heterocycles. The van der Waals surface area contributed by atoms with Gasteiger partial charge in [0.05, 0.1) is 16.5 Å². The zero-order chi connectivity index (χ0) is 21.4. The van der Waals surface area contributed by atoms with Crippen molar-refractivity contribution >= 4 is 51.4 Å². The lowest BCUT2D eigenvalue weighted by molar-refractivity contribution is 0.219. The fourth-order valence-electron chi connectivity index (χ4n) is 2.87. The third kappa shape index (κ3) is 8.59. The van der Waals surface area contributed by atoms with Gasteiger partial charge in [-0.15, -0.1) is 24.0 Å². The quantitative estimate of drug-likeness (QED) is 0.275. The van der Waals surface area contributed by atoms with E-state index in [1.165, 1.54) is 0 Å². The monoisotopic (exact) mass is 558 g/mol. The van der Waals surface area contributed by atoms with Crippen LogP contribution in [0.5, 0.6) is 0 Å². The van der Waals surface area contributed by atoms with E-state index >= 15 is 0 Å². The van der Waals surface area contributed by atoms with Gasteiger partial charge in [0, 0.05) is 25.2 Å². The highest BCUT2D eigenvalue weighted by molar-refractivity contribution is 14.0. The topological polar surface area (TPSA) is 73.8 Å². The average molecular weight is 559 g/mol. The maximum atomic E-state index is 12.3. The summed E-state index contributed by atoms with van der Waals surface area (Å²) < 4.78 is 23.8. The molecule has 1 rings (SSSR count). The summed E-state index contributed by atoms with van der Waals surface area (Å²) in [6, 6.07) is 7.94. The van der Waals surface area contributed by atoms with E-state index < -0.39 is 14.6 Å². The van der Waals surface area contributed by atoms with E-state index in [0.717, 1.165) is 23.7 Å². The molecule has 29 heavy (non-hydrogen) atoms. The van der Waals surface area contributed by atoms with Crippen molar-refractivity contribution < 1.29 is 8.42 Å². The molecule has 6 nitrogen and oxygen atoms in total. The Morgan fingerprint density at radius 3 is 2.24 bits per heavy atom. The van der Waals surface area contributed by atoms with Crippen LogP contribution >= 0.6 is 35.6 Å². The van der Waals surface area contributed by atoms with Crippen LogP contribution in [0, 0.1) is 0 Å². The van der Waals surface area contributed by atoms with Gasteiger partial charge in [0.15, 0.2) is 15.8 Å². The zero-order valence-corrected chi connectivity index (χ0v) is 22.2. The summed E-state index contributed by atoms with van der Waals surface area (Å²) in [5.74, 6) is 0.634. The minimum absolute atomic E-state index is 0. The standard InChI is InChI=1S/C20H35ClN4O2S.HI/c1-7-25(8-2)18(16-11-9-10-12-17(16)21)15-24-19(22-6)23-13-14-28(26,27)20(3,4)5;/h9-12,18H,7-8,13-15H2,1-6H3,(H2,22,23,24);1H. The minimum atomic E-state index is -3.17. The minimum Gasteiger partial charge on any atom is -0.355 e. The van der Waals surface area contributed by atoms with Crippen molar-refractivity contribution in [2.45, 2.75) is 45.4 Å². The van der Waals surface area contributed by atoms with Crippen LogP contribution < -0.4 is 10.6 Å².